The van der Waals surface area contributed by atoms with Crippen molar-refractivity contribution in [3.8, 4) is 6.07 Å². The Morgan fingerprint density at radius 2 is 2.25 bits per heavy atom. The molecule has 0 aromatic heterocycles. The zero-order chi connectivity index (χ0) is 14.9. The van der Waals surface area contributed by atoms with Crippen LogP contribution < -0.4 is 5.73 Å². The molecule has 0 saturated carbocycles. The predicted octanol–water partition coefficient (Wildman–Crippen LogP) is 2.19. The molecule has 2 N–H and O–H groups in total. The fraction of sp³-hybridized carbons (Fsp3) is 0.357. The van der Waals surface area contributed by atoms with Gasteiger partial charge in [0, 0.05) is 6.54 Å². The Labute approximate surface area is 116 Å². The van der Waals surface area contributed by atoms with Crippen LogP contribution in [0.5, 0.6) is 0 Å². The predicted molar refractivity (Wildman–Crippen MR) is 72.4 cm³/mol. The van der Waals surface area contributed by atoms with Gasteiger partial charge in [-0.05, 0) is 23.6 Å². The molecule has 0 saturated heterocycles. The number of amides is 2. The topological polar surface area (TPSA) is 82.5 Å². The lowest BCUT2D eigenvalue weighted by molar-refractivity contribution is 0.199. The Hall–Kier alpha value is -2.42. The van der Waals surface area contributed by atoms with E-state index in [4.69, 9.17) is 11.0 Å². The normalized spacial score (nSPS) is 18.4. The Kier molecular flexibility index (Phi) is 3.70. The number of halogens is 1. The smallest absolute Gasteiger partial charge is 0.346 e. The third-order valence-corrected chi connectivity index (χ3v) is 3.05. The molecule has 0 radical (unpaired) electrons. The number of carbonyl (C=O) groups is 1. The molecule has 5 nitrogen and oxygen atoms in total. The lowest BCUT2D eigenvalue weighted by atomic mass is 10.0. The number of benzene rings is 1. The number of hydrogen-bond donors (Lipinski definition) is 1. The second kappa shape index (κ2) is 5.29. The number of urea groups is 1. The van der Waals surface area contributed by atoms with Gasteiger partial charge in [-0.3, -0.25) is 0 Å². The van der Waals surface area contributed by atoms with Crippen LogP contribution in [0.4, 0.5) is 9.18 Å². The zero-order valence-electron chi connectivity index (χ0n) is 11.3. The molecular formula is C14H15FN4O. The van der Waals surface area contributed by atoms with E-state index in [2.05, 4.69) is 4.99 Å². The summed E-state index contributed by atoms with van der Waals surface area (Å²) in [6.45, 7) is 4.45. The summed E-state index contributed by atoms with van der Waals surface area (Å²) in [4.78, 5) is 17.1. The van der Waals surface area contributed by atoms with E-state index in [1.165, 1.54) is 23.1 Å². The number of carbonyl (C=O) groups excluding carboxylic acids is 1. The molecule has 1 unspecified atom stereocenters. The number of hydrogen-bond acceptors (Lipinski definition) is 3. The van der Waals surface area contributed by atoms with Gasteiger partial charge in [-0.15, -0.1) is 0 Å². The number of aliphatic imine (C=N–C) groups is 1. The molecule has 2 rings (SSSR count). The van der Waals surface area contributed by atoms with Gasteiger partial charge in [-0.2, -0.15) is 10.3 Å². The van der Waals surface area contributed by atoms with Crippen LogP contribution in [0.15, 0.2) is 23.2 Å². The summed E-state index contributed by atoms with van der Waals surface area (Å²) in [6.07, 6.45) is 0. The SMILES string of the molecule is CC(C)CN1C(=O)N=C(N)C1c1ccc(F)c(C#N)c1. The van der Waals surface area contributed by atoms with Crippen molar-refractivity contribution in [2.24, 2.45) is 16.6 Å². The first-order chi connectivity index (χ1) is 9.43. The van der Waals surface area contributed by atoms with Crippen molar-refractivity contribution < 1.29 is 9.18 Å². The maximum absolute atomic E-state index is 13.4. The Bertz CT molecular complexity index is 618. The van der Waals surface area contributed by atoms with Gasteiger partial charge in [-0.1, -0.05) is 19.9 Å². The average molecular weight is 274 g/mol. The highest BCUT2D eigenvalue weighted by molar-refractivity contribution is 6.03. The molecule has 1 aliphatic heterocycles. The first kappa shape index (κ1) is 14.0. The van der Waals surface area contributed by atoms with Crippen molar-refractivity contribution in [3.63, 3.8) is 0 Å². The van der Waals surface area contributed by atoms with Crippen molar-refractivity contribution >= 4 is 11.9 Å². The van der Waals surface area contributed by atoms with Crippen LogP contribution in [0.2, 0.25) is 0 Å². The lowest BCUT2D eigenvalue weighted by Gasteiger charge is -2.26. The minimum atomic E-state index is -0.591. The van der Waals surface area contributed by atoms with Crippen LogP contribution in [0.1, 0.15) is 31.0 Å². The Morgan fingerprint density at radius 1 is 1.55 bits per heavy atom. The van der Waals surface area contributed by atoms with E-state index >= 15 is 0 Å². The average Bonchev–Trinajstić information content (AvgIpc) is 2.65. The standard InChI is InChI=1S/C14H15FN4O/c1-8(2)7-19-12(13(17)18-14(19)20)9-3-4-11(15)10(5-9)6-16/h3-5,8,12H,7H2,1-2H3,(H2,17,18,20). The number of nitriles is 1. The molecular weight excluding hydrogens is 259 g/mol. The van der Waals surface area contributed by atoms with Gasteiger partial charge in [0.2, 0.25) is 0 Å². The van der Waals surface area contributed by atoms with Gasteiger partial charge in [0.05, 0.1) is 5.56 Å². The van der Waals surface area contributed by atoms with E-state index in [-0.39, 0.29) is 17.3 Å². The van der Waals surface area contributed by atoms with E-state index in [9.17, 15) is 9.18 Å². The molecule has 0 aliphatic carbocycles. The molecule has 20 heavy (non-hydrogen) atoms. The summed E-state index contributed by atoms with van der Waals surface area (Å²) in [5.74, 6) is -0.170. The van der Waals surface area contributed by atoms with E-state index in [1.54, 1.807) is 6.07 Å². The van der Waals surface area contributed by atoms with E-state index < -0.39 is 17.9 Å². The number of amidine groups is 1. The van der Waals surface area contributed by atoms with Gasteiger partial charge in [0.15, 0.2) is 0 Å². The number of nitrogens with two attached hydrogens (primary N) is 1. The highest BCUT2D eigenvalue weighted by Gasteiger charge is 2.35. The van der Waals surface area contributed by atoms with E-state index in [0.29, 0.717) is 12.1 Å². The maximum Gasteiger partial charge on any atom is 0.346 e. The number of nitrogens with zero attached hydrogens (tertiary/aromatic N) is 3. The second-order valence-electron chi connectivity index (χ2n) is 5.12. The van der Waals surface area contributed by atoms with E-state index in [1.807, 2.05) is 13.8 Å². The molecule has 0 spiro atoms. The number of rotatable bonds is 3. The first-order valence-electron chi connectivity index (χ1n) is 6.28. The van der Waals surface area contributed by atoms with Gasteiger partial charge >= 0.3 is 6.03 Å². The highest BCUT2D eigenvalue weighted by atomic mass is 19.1. The summed E-state index contributed by atoms with van der Waals surface area (Å²) < 4.78 is 13.4. The molecule has 0 bridgehead atoms. The summed E-state index contributed by atoms with van der Waals surface area (Å²) in [7, 11) is 0. The van der Waals surface area contributed by atoms with Crippen LogP contribution >= 0.6 is 0 Å². The van der Waals surface area contributed by atoms with Gasteiger partial charge in [-0.25, -0.2) is 9.18 Å². The molecule has 1 aliphatic rings. The summed E-state index contributed by atoms with van der Waals surface area (Å²) in [6, 6.07) is 4.99. The molecule has 1 heterocycles. The molecule has 0 fully saturated rings. The van der Waals surface area contributed by atoms with Gasteiger partial charge in [0.1, 0.15) is 23.8 Å². The van der Waals surface area contributed by atoms with Crippen molar-refractivity contribution in [2.75, 3.05) is 6.54 Å². The molecule has 1 aromatic carbocycles. The molecule has 1 atom stereocenters. The third kappa shape index (κ3) is 2.48. The highest BCUT2D eigenvalue weighted by Crippen LogP contribution is 2.28. The molecule has 6 heteroatoms. The summed E-state index contributed by atoms with van der Waals surface area (Å²) in [5, 5.41) is 8.88. The monoisotopic (exact) mass is 274 g/mol. The van der Waals surface area contributed by atoms with Crippen LogP contribution in [-0.4, -0.2) is 23.3 Å². The third-order valence-electron chi connectivity index (χ3n) is 3.05. The van der Waals surface area contributed by atoms with Crippen LogP contribution in [0, 0.1) is 23.1 Å². The second-order valence-corrected chi connectivity index (χ2v) is 5.12. The Morgan fingerprint density at radius 3 is 2.85 bits per heavy atom. The zero-order valence-corrected chi connectivity index (χ0v) is 11.3. The minimum absolute atomic E-state index is 0.0702. The van der Waals surface area contributed by atoms with Crippen molar-refractivity contribution in [1.82, 2.24) is 4.90 Å². The van der Waals surface area contributed by atoms with E-state index in [0.717, 1.165) is 0 Å². The molecule has 104 valence electrons. The quantitative estimate of drug-likeness (QED) is 0.917. The maximum atomic E-state index is 13.4. The van der Waals surface area contributed by atoms with Crippen molar-refractivity contribution in [1.29, 1.82) is 5.26 Å². The van der Waals surface area contributed by atoms with Crippen LogP contribution in [-0.2, 0) is 0 Å². The summed E-state index contributed by atoms with van der Waals surface area (Å²) in [5.41, 5.74) is 6.33. The van der Waals surface area contributed by atoms with Crippen molar-refractivity contribution in [2.45, 2.75) is 19.9 Å². The fourth-order valence-corrected chi connectivity index (χ4v) is 2.23. The lowest BCUT2D eigenvalue weighted by Crippen LogP contribution is -2.35. The molecule has 2 amide bonds. The minimum Gasteiger partial charge on any atom is -0.385 e. The first-order valence-corrected chi connectivity index (χ1v) is 6.28. The van der Waals surface area contributed by atoms with Gasteiger partial charge in [0.25, 0.3) is 0 Å². The fourth-order valence-electron chi connectivity index (χ4n) is 2.23. The Balaban J connectivity index is 2.41. The molecule has 1 aromatic rings. The van der Waals surface area contributed by atoms with Crippen LogP contribution in [0.25, 0.3) is 0 Å². The van der Waals surface area contributed by atoms with Crippen LogP contribution in [0.3, 0.4) is 0 Å². The summed E-state index contributed by atoms with van der Waals surface area (Å²) >= 11 is 0. The van der Waals surface area contributed by atoms with Crippen molar-refractivity contribution in [3.05, 3.63) is 35.1 Å². The largest absolute Gasteiger partial charge is 0.385 e. The van der Waals surface area contributed by atoms with Gasteiger partial charge < -0.3 is 10.6 Å².